The van der Waals surface area contributed by atoms with Crippen LogP contribution >= 0.6 is 0 Å². The highest BCUT2D eigenvalue weighted by Gasteiger charge is 2.21. The molecule has 1 aliphatic rings. The summed E-state index contributed by atoms with van der Waals surface area (Å²) < 4.78 is 12.8. The fourth-order valence-corrected chi connectivity index (χ4v) is 1.95. The summed E-state index contributed by atoms with van der Waals surface area (Å²) in [6, 6.07) is 8.20. The Morgan fingerprint density at radius 1 is 1.25 bits per heavy atom. The van der Waals surface area contributed by atoms with Gasteiger partial charge in [0.25, 0.3) is 0 Å². The second-order valence-corrected chi connectivity index (χ2v) is 3.87. The number of halogens is 1. The van der Waals surface area contributed by atoms with E-state index in [2.05, 4.69) is 16.3 Å². The van der Waals surface area contributed by atoms with Crippen LogP contribution in [0.4, 0.5) is 4.39 Å². The van der Waals surface area contributed by atoms with Gasteiger partial charge in [0.15, 0.2) is 0 Å². The van der Waals surface area contributed by atoms with Crippen molar-refractivity contribution in [3.8, 4) is 6.07 Å². The van der Waals surface area contributed by atoms with E-state index in [0.717, 1.165) is 31.7 Å². The molecule has 0 aliphatic carbocycles. The molecule has 1 heterocycles. The highest BCUT2D eigenvalue weighted by molar-refractivity contribution is 5.24. The summed E-state index contributed by atoms with van der Waals surface area (Å²) in [6.07, 6.45) is 0. The number of hydrogen-bond acceptors (Lipinski definition) is 3. The lowest BCUT2D eigenvalue weighted by atomic mass is 10.1. The lowest BCUT2D eigenvalue weighted by Crippen LogP contribution is -2.44. The normalized spacial score (nSPS) is 19.0. The third kappa shape index (κ3) is 2.38. The molecule has 0 spiro atoms. The van der Waals surface area contributed by atoms with Crippen LogP contribution in [0, 0.1) is 17.1 Å². The second-order valence-electron chi connectivity index (χ2n) is 3.87. The summed E-state index contributed by atoms with van der Waals surface area (Å²) in [5, 5.41) is 12.4. The van der Waals surface area contributed by atoms with Gasteiger partial charge in [0.1, 0.15) is 11.9 Å². The van der Waals surface area contributed by atoms with Gasteiger partial charge in [0, 0.05) is 26.2 Å². The van der Waals surface area contributed by atoms with Crippen molar-refractivity contribution in [1.82, 2.24) is 10.2 Å². The lowest BCUT2D eigenvalue weighted by molar-refractivity contribution is 0.207. The zero-order valence-electron chi connectivity index (χ0n) is 8.99. The molecule has 4 heteroatoms. The fraction of sp³-hybridized carbons (Fsp3) is 0.417. The minimum atomic E-state index is -0.263. The molecule has 1 aromatic carbocycles. The average Bonchev–Trinajstić information content (AvgIpc) is 2.34. The van der Waals surface area contributed by atoms with Gasteiger partial charge in [-0.15, -0.1) is 0 Å². The van der Waals surface area contributed by atoms with Crippen LogP contribution in [0.2, 0.25) is 0 Å². The zero-order chi connectivity index (χ0) is 11.4. The van der Waals surface area contributed by atoms with Crippen molar-refractivity contribution in [2.45, 2.75) is 6.04 Å². The van der Waals surface area contributed by atoms with Gasteiger partial charge in [0.2, 0.25) is 0 Å². The monoisotopic (exact) mass is 219 g/mol. The zero-order valence-corrected chi connectivity index (χ0v) is 8.99. The van der Waals surface area contributed by atoms with Gasteiger partial charge in [-0.05, 0) is 17.7 Å². The Hall–Kier alpha value is -1.44. The molecule has 3 nitrogen and oxygen atoms in total. The number of rotatable bonds is 2. The smallest absolute Gasteiger partial charge is 0.123 e. The van der Waals surface area contributed by atoms with Crippen molar-refractivity contribution in [2.24, 2.45) is 0 Å². The first-order valence-electron chi connectivity index (χ1n) is 5.41. The van der Waals surface area contributed by atoms with Gasteiger partial charge >= 0.3 is 0 Å². The Morgan fingerprint density at radius 3 is 2.44 bits per heavy atom. The number of benzene rings is 1. The Balaban J connectivity index is 2.15. The van der Waals surface area contributed by atoms with Crippen LogP contribution in [0.5, 0.6) is 0 Å². The van der Waals surface area contributed by atoms with E-state index in [0.29, 0.717) is 0 Å². The summed E-state index contributed by atoms with van der Waals surface area (Å²) in [7, 11) is 0. The number of piperazine rings is 1. The number of nitriles is 1. The van der Waals surface area contributed by atoms with E-state index in [-0.39, 0.29) is 11.9 Å². The summed E-state index contributed by atoms with van der Waals surface area (Å²) in [6.45, 7) is 3.52. The fourth-order valence-electron chi connectivity index (χ4n) is 1.95. The van der Waals surface area contributed by atoms with Crippen molar-refractivity contribution in [3.63, 3.8) is 0 Å². The predicted octanol–water partition coefficient (Wildman–Crippen LogP) is 1.30. The molecule has 16 heavy (non-hydrogen) atoms. The highest BCUT2D eigenvalue weighted by atomic mass is 19.1. The number of nitrogens with zero attached hydrogens (tertiary/aromatic N) is 2. The second kappa shape index (κ2) is 5.06. The molecule has 1 atom stereocenters. The minimum Gasteiger partial charge on any atom is -0.314 e. The Morgan fingerprint density at radius 2 is 1.88 bits per heavy atom. The maximum Gasteiger partial charge on any atom is 0.123 e. The molecule has 0 aromatic heterocycles. The Labute approximate surface area is 94.5 Å². The third-order valence-corrected chi connectivity index (χ3v) is 2.82. The third-order valence-electron chi connectivity index (χ3n) is 2.82. The van der Waals surface area contributed by atoms with E-state index in [1.807, 2.05) is 0 Å². The van der Waals surface area contributed by atoms with Crippen molar-refractivity contribution in [3.05, 3.63) is 35.6 Å². The van der Waals surface area contributed by atoms with Crippen LogP contribution in [0.3, 0.4) is 0 Å². The maximum absolute atomic E-state index is 12.8. The summed E-state index contributed by atoms with van der Waals surface area (Å²) in [5.74, 6) is -0.263. The van der Waals surface area contributed by atoms with Gasteiger partial charge in [0.05, 0.1) is 6.07 Å². The Kier molecular flexibility index (Phi) is 3.50. The molecule has 0 unspecified atom stereocenters. The molecule has 1 fully saturated rings. The first kappa shape index (κ1) is 11.1. The molecule has 0 amide bonds. The molecule has 1 saturated heterocycles. The lowest BCUT2D eigenvalue weighted by Gasteiger charge is -2.31. The quantitative estimate of drug-likeness (QED) is 0.814. The largest absolute Gasteiger partial charge is 0.314 e. The maximum atomic E-state index is 12.8. The van der Waals surface area contributed by atoms with Gasteiger partial charge in [-0.25, -0.2) is 4.39 Å². The van der Waals surface area contributed by atoms with E-state index >= 15 is 0 Å². The van der Waals surface area contributed by atoms with E-state index in [1.165, 1.54) is 12.1 Å². The standard InChI is InChI=1S/C12H14FN3/c13-11-3-1-10(2-4-11)12(9-14)16-7-5-15-6-8-16/h1-4,12,15H,5-8H2/t12-/m1/s1. The molecule has 2 rings (SSSR count). The van der Waals surface area contributed by atoms with E-state index in [4.69, 9.17) is 0 Å². The first-order chi connectivity index (χ1) is 7.81. The van der Waals surface area contributed by atoms with Crippen molar-refractivity contribution in [1.29, 1.82) is 5.26 Å². The van der Waals surface area contributed by atoms with Crippen molar-refractivity contribution >= 4 is 0 Å². The molecule has 1 aromatic rings. The summed E-state index contributed by atoms with van der Waals surface area (Å²) in [4.78, 5) is 2.11. The molecule has 1 N–H and O–H groups in total. The van der Waals surface area contributed by atoms with Gasteiger partial charge < -0.3 is 5.32 Å². The topological polar surface area (TPSA) is 39.1 Å². The molecular formula is C12H14FN3. The number of hydrogen-bond donors (Lipinski definition) is 1. The van der Waals surface area contributed by atoms with Gasteiger partial charge in [-0.2, -0.15) is 5.26 Å². The van der Waals surface area contributed by atoms with Crippen LogP contribution in [0.1, 0.15) is 11.6 Å². The van der Waals surface area contributed by atoms with Crippen LogP contribution in [-0.2, 0) is 0 Å². The first-order valence-corrected chi connectivity index (χ1v) is 5.41. The SMILES string of the molecule is N#C[C@H](c1ccc(F)cc1)N1CCNCC1. The van der Waals surface area contributed by atoms with Crippen LogP contribution in [-0.4, -0.2) is 31.1 Å². The van der Waals surface area contributed by atoms with E-state index in [1.54, 1.807) is 12.1 Å². The van der Waals surface area contributed by atoms with Crippen molar-refractivity contribution < 1.29 is 4.39 Å². The van der Waals surface area contributed by atoms with E-state index in [9.17, 15) is 9.65 Å². The molecule has 0 bridgehead atoms. The highest BCUT2D eigenvalue weighted by Crippen LogP contribution is 2.20. The Bertz CT molecular complexity index is 376. The summed E-state index contributed by atoms with van der Waals surface area (Å²) in [5.41, 5.74) is 0.866. The van der Waals surface area contributed by atoms with Crippen LogP contribution < -0.4 is 5.32 Å². The predicted molar refractivity (Wildman–Crippen MR) is 59.2 cm³/mol. The van der Waals surface area contributed by atoms with Gasteiger partial charge in [-0.3, -0.25) is 4.90 Å². The molecule has 0 saturated carbocycles. The molecule has 0 radical (unpaired) electrons. The van der Waals surface area contributed by atoms with E-state index < -0.39 is 0 Å². The molecule has 84 valence electrons. The molecular weight excluding hydrogens is 205 g/mol. The molecule has 1 aliphatic heterocycles. The van der Waals surface area contributed by atoms with Crippen LogP contribution in [0.25, 0.3) is 0 Å². The summed E-state index contributed by atoms with van der Waals surface area (Å²) >= 11 is 0. The average molecular weight is 219 g/mol. The minimum absolute atomic E-state index is 0.261. The van der Waals surface area contributed by atoms with Crippen molar-refractivity contribution in [2.75, 3.05) is 26.2 Å². The van der Waals surface area contributed by atoms with Gasteiger partial charge in [-0.1, -0.05) is 12.1 Å². The number of nitrogens with one attached hydrogen (secondary N) is 1. The van der Waals surface area contributed by atoms with Crippen LogP contribution in [0.15, 0.2) is 24.3 Å².